The number of rotatable bonds is 6. The Balaban J connectivity index is 0.00000341. The molecule has 0 bridgehead atoms. The summed E-state index contributed by atoms with van der Waals surface area (Å²) in [6, 6.07) is 13.6. The molecule has 3 N–H and O–H groups in total. The number of guanidine groups is 1. The lowest BCUT2D eigenvalue weighted by atomic mass is 10.1. The second-order valence-corrected chi connectivity index (χ2v) is 7.26. The van der Waals surface area contributed by atoms with Crippen LogP contribution in [-0.2, 0) is 11.3 Å². The number of hydrogen-bond donors (Lipinski definition) is 3. The predicted molar refractivity (Wildman–Crippen MR) is 136 cm³/mol. The number of benzene rings is 2. The van der Waals surface area contributed by atoms with Crippen LogP contribution < -0.4 is 25.4 Å². The molecule has 1 atom stereocenters. The quantitative estimate of drug-likeness (QED) is 0.284. The van der Waals surface area contributed by atoms with Crippen LogP contribution >= 0.6 is 24.0 Å². The lowest BCUT2D eigenvalue weighted by molar-refractivity contribution is -0.119. The van der Waals surface area contributed by atoms with E-state index in [1.807, 2.05) is 56.3 Å². The Morgan fingerprint density at radius 2 is 1.81 bits per heavy atom. The van der Waals surface area contributed by atoms with E-state index < -0.39 is 0 Å². The molecule has 0 saturated heterocycles. The molecule has 2 aromatic carbocycles. The zero-order valence-electron chi connectivity index (χ0n) is 18.2. The van der Waals surface area contributed by atoms with Crippen molar-refractivity contribution in [2.24, 2.45) is 10.9 Å². The molecule has 1 aliphatic heterocycles. The molecule has 1 aliphatic rings. The fourth-order valence-electron chi connectivity index (χ4n) is 2.95. The average Bonchev–Trinajstić information content (AvgIpc) is 3.01. The van der Waals surface area contributed by atoms with Crippen molar-refractivity contribution in [3.8, 4) is 11.5 Å². The van der Waals surface area contributed by atoms with Crippen LogP contribution in [0.5, 0.6) is 11.5 Å². The highest BCUT2D eigenvalue weighted by atomic mass is 127. The summed E-state index contributed by atoms with van der Waals surface area (Å²) in [5.41, 5.74) is 2.70. The number of carbonyl (C=O) groups excluding carboxylic acids is 1. The number of carbonyl (C=O) groups is 1. The first-order valence-corrected chi connectivity index (χ1v) is 10.4. The topological polar surface area (TPSA) is 84.0 Å². The van der Waals surface area contributed by atoms with Crippen molar-refractivity contribution in [2.45, 2.75) is 33.2 Å². The highest BCUT2D eigenvalue weighted by Crippen LogP contribution is 2.32. The highest BCUT2D eigenvalue weighted by molar-refractivity contribution is 14.0. The van der Waals surface area contributed by atoms with Crippen LogP contribution in [0.2, 0.25) is 0 Å². The molecule has 0 spiro atoms. The lowest BCUT2D eigenvalue weighted by Gasteiger charge is -2.15. The smallest absolute Gasteiger partial charge is 0.227 e. The molecule has 1 heterocycles. The van der Waals surface area contributed by atoms with E-state index in [1.54, 1.807) is 7.05 Å². The Labute approximate surface area is 201 Å². The molecule has 2 aromatic rings. The van der Waals surface area contributed by atoms with Gasteiger partial charge in [0.15, 0.2) is 17.5 Å². The van der Waals surface area contributed by atoms with Crippen molar-refractivity contribution >= 4 is 47.2 Å². The maximum absolute atomic E-state index is 12.1. The van der Waals surface area contributed by atoms with E-state index in [0.29, 0.717) is 25.7 Å². The van der Waals surface area contributed by atoms with Crippen molar-refractivity contribution in [1.29, 1.82) is 0 Å². The summed E-state index contributed by atoms with van der Waals surface area (Å²) >= 11 is 0. The first kappa shape index (κ1) is 24.8. The number of hydrogen-bond acceptors (Lipinski definition) is 4. The standard InChI is InChI=1S/C23H30N4O3.HI/c1-4-16(2)22(28)26-18-8-5-7-17(13-18)15-25-23(24-3)27-19-9-10-20-21(14-19)30-12-6-11-29-20;/h5,7-10,13-14,16H,4,6,11-12,15H2,1-3H3,(H,26,28)(H2,24,25,27);1H. The number of anilines is 2. The van der Waals surface area contributed by atoms with Gasteiger partial charge in [0.1, 0.15) is 0 Å². The summed E-state index contributed by atoms with van der Waals surface area (Å²) in [6.45, 7) is 5.81. The Morgan fingerprint density at radius 3 is 2.55 bits per heavy atom. The molecule has 0 aromatic heterocycles. The van der Waals surface area contributed by atoms with E-state index in [2.05, 4.69) is 20.9 Å². The normalized spacial score (nSPS) is 14.0. The van der Waals surface area contributed by atoms with E-state index >= 15 is 0 Å². The summed E-state index contributed by atoms with van der Waals surface area (Å²) in [4.78, 5) is 16.4. The molecule has 31 heavy (non-hydrogen) atoms. The lowest BCUT2D eigenvalue weighted by Crippen LogP contribution is -2.30. The van der Waals surface area contributed by atoms with Crippen molar-refractivity contribution in [2.75, 3.05) is 30.9 Å². The van der Waals surface area contributed by atoms with Gasteiger partial charge in [-0.3, -0.25) is 9.79 Å². The molecule has 7 nitrogen and oxygen atoms in total. The van der Waals surface area contributed by atoms with Crippen molar-refractivity contribution in [1.82, 2.24) is 5.32 Å². The maximum Gasteiger partial charge on any atom is 0.227 e. The number of nitrogens with zero attached hydrogens (tertiary/aromatic N) is 1. The second-order valence-electron chi connectivity index (χ2n) is 7.26. The zero-order chi connectivity index (χ0) is 21.3. The van der Waals surface area contributed by atoms with Gasteiger partial charge in [0, 0.05) is 43.4 Å². The molecule has 3 rings (SSSR count). The van der Waals surface area contributed by atoms with Gasteiger partial charge in [-0.15, -0.1) is 24.0 Å². The van der Waals surface area contributed by atoms with Crippen molar-refractivity contribution in [3.05, 3.63) is 48.0 Å². The van der Waals surface area contributed by atoms with E-state index in [0.717, 1.165) is 41.3 Å². The van der Waals surface area contributed by atoms with Gasteiger partial charge in [0.2, 0.25) is 5.91 Å². The van der Waals surface area contributed by atoms with Crippen LogP contribution in [0.3, 0.4) is 0 Å². The van der Waals surface area contributed by atoms with Crippen LogP contribution in [0.1, 0.15) is 32.3 Å². The van der Waals surface area contributed by atoms with Crippen LogP contribution in [0.4, 0.5) is 11.4 Å². The summed E-state index contributed by atoms with van der Waals surface area (Å²) in [7, 11) is 1.72. The summed E-state index contributed by atoms with van der Waals surface area (Å²) in [6.07, 6.45) is 1.69. The molecule has 8 heteroatoms. The first-order valence-electron chi connectivity index (χ1n) is 10.4. The average molecular weight is 538 g/mol. The Morgan fingerprint density at radius 1 is 1.06 bits per heavy atom. The van der Waals surface area contributed by atoms with Gasteiger partial charge in [-0.1, -0.05) is 26.0 Å². The third-order valence-electron chi connectivity index (χ3n) is 4.95. The van der Waals surface area contributed by atoms with E-state index in [9.17, 15) is 4.79 Å². The minimum Gasteiger partial charge on any atom is -0.490 e. The molecule has 168 valence electrons. The van der Waals surface area contributed by atoms with Gasteiger partial charge in [-0.25, -0.2) is 0 Å². The summed E-state index contributed by atoms with van der Waals surface area (Å²) in [5, 5.41) is 9.54. The van der Waals surface area contributed by atoms with Gasteiger partial charge >= 0.3 is 0 Å². The van der Waals surface area contributed by atoms with Crippen molar-refractivity contribution in [3.63, 3.8) is 0 Å². The largest absolute Gasteiger partial charge is 0.490 e. The number of halogens is 1. The van der Waals surface area contributed by atoms with Crippen LogP contribution in [0.25, 0.3) is 0 Å². The monoisotopic (exact) mass is 538 g/mol. The van der Waals surface area contributed by atoms with Gasteiger partial charge < -0.3 is 25.4 Å². The zero-order valence-corrected chi connectivity index (χ0v) is 20.6. The first-order chi connectivity index (χ1) is 14.6. The highest BCUT2D eigenvalue weighted by Gasteiger charge is 2.12. The SMILES string of the molecule is CCC(C)C(=O)Nc1cccc(CNC(=NC)Nc2ccc3c(c2)OCCCO3)c1.I. The Kier molecular flexibility index (Phi) is 9.90. The van der Waals surface area contributed by atoms with Crippen LogP contribution in [0, 0.1) is 5.92 Å². The minimum atomic E-state index is -0.00916. The van der Waals surface area contributed by atoms with Crippen molar-refractivity contribution < 1.29 is 14.3 Å². The Hall–Kier alpha value is -2.49. The number of amides is 1. The fraction of sp³-hybridized carbons (Fsp3) is 0.391. The minimum absolute atomic E-state index is 0. The molecular formula is C23H31IN4O3. The number of aliphatic imine (C=N–C) groups is 1. The maximum atomic E-state index is 12.1. The summed E-state index contributed by atoms with van der Waals surface area (Å²) in [5.74, 6) is 2.16. The van der Waals surface area contributed by atoms with Gasteiger partial charge in [0.05, 0.1) is 13.2 Å². The molecule has 0 radical (unpaired) electrons. The third kappa shape index (κ3) is 7.30. The Bertz CT molecular complexity index is 904. The number of ether oxygens (including phenoxy) is 2. The number of nitrogens with one attached hydrogen (secondary N) is 3. The number of fused-ring (bicyclic) bond motifs is 1. The van der Waals surface area contributed by atoms with E-state index in [1.165, 1.54) is 0 Å². The molecule has 0 aliphatic carbocycles. The molecule has 1 amide bonds. The van der Waals surface area contributed by atoms with Gasteiger partial charge in [0.25, 0.3) is 0 Å². The predicted octanol–water partition coefficient (Wildman–Crippen LogP) is 4.64. The fourth-order valence-corrected chi connectivity index (χ4v) is 2.95. The van der Waals surface area contributed by atoms with Gasteiger partial charge in [-0.2, -0.15) is 0 Å². The van der Waals surface area contributed by atoms with E-state index in [-0.39, 0.29) is 35.8 Å². The van der Waals surface area contributed by atoms with Gasteiger partial charge in [-0.05, 0) is 36.2 Å². The molecule has 0 saturated carbocycles. The third-order valence-corrected chi connectivity index (χ3v) is 4.95. The summed E-state index contributed by atoms with van der Waals surface area (Å²) < 4.78 is 11.4. The van der Waals surface area contributed by atoms with Crippen LogP contribution in [-0.4, -0.2) is 32.1 Å². The molecule has 1 unspecified atom stereocenters. The van der Waals surface area contributed by atoms with E-state index in [4.69, 9.17) is 9.47 Å². The molecule has 0 fully saturated rings. The van der Waals surface area contributed by atoms with Crippen LogP contribution in [0.15, 0.2) is 47.5 Å². The second kappa shape index (κ2) is 12.4. The molecular weight excluding hydrogens is 507 g/mol.